The predicted octanol–water partition coefficient (Wildman–Crippen LogP) is 2.79. The largest absolute Gasteiger partial charge is 0.463 e. The maximum Gasteiger partial charge on any atom is 0.303 e. The van der Waals surface area contributed by atoms with Crippen LogP contribution in [-0.2, 0) is 23.8 Å². The monoisotopic (exact) mass is 318 g/mol. The Morgan fingerprint density at radius 2 is 1.83 bits per heavy atom. The summed E-state index contributed by atoms with van der Waals surface area (Å²) in [6, 6.07) is 6.12. The van der Waals surface area contributed by atoms with Crippen LogP contribution in [0.5, 0.6) is 0 Å². The van der Waals surface area contributed by atoms with Gasteiger partial charge >= 0.3 is 11.9 Å². The Labute approximate surface area is 136 Å². The average Bonchev–Trinajstić information content (AvgIpc) is 2.48. The number of benzene rings is 1. The van der Waals surface area contributed by atoms with Crippen LogP contribution in [0.15, 0.2) is 30.4 Å². The first kappa shape index (κ1) is 17.2. The minimum atomic E-state index is -0.561. The number of carbonyl (C=O) groups excluding carboxylic acids is 2. The molecular weight excluding hydrogens is 296 g/mol. The molecule has 0 bridgehead atoms. The molecule has 0 unspecified atom stereocenters. The van der Waals surface area contributed by atoms with Crippen molar-refractivity contribution >= 4 is 11.9 Å². The van der Waals surface area contributed by atoms with Gasteiger partial charge in [-0.05, 0) is 36.6 Å². The van der Waals surface area contributed by atoms with Crippen molar-refractivity contribution in [3.05, 3.63) is 47.0 Å². The van der Waals surface area contributed by atoms with Gasteiger partial charge in [0.25, 0.3) is 0 Å². The Morgan fingerprint density at radius 1 is 1.09 bits per heavy atom. The number of rotatable bonds is 4. The normalized spacial score (nSPS) is 23.4. The standard InChI is InChI=1S/C18H22O5/c1-11-5-6-15(9-12(11)2)16-7-8-17(22-14(4)20)18(23-16)10-21-13(3)19/h5-9,16-18H,10H2,1-4H3/t16-,17+,18+/m0/s1. The lowest BCUT2D eigenvalue weighted by Crippen LogP contribution is -2.39. The third-order valence-corrected chi connectivity index (χ3v) is 3.78. The molecule has 1 aromatic carbocycles. The fourth-order valence-electron chi connectivity index (χ4n) is 2.42. The summed E-state index contributed by atoms with van der Waals surface area (Å²) in [6.07, 6.45) is 2.30. The Balaban J connectivity index is 2.18. The molecule has 0 aromatic heterocycles. The van der Waals surface area contributed by atoms with Gasteiger partial charge in [0.1, 0.15) is 24.9 Å². The van der Waals surface area contributed by atoms with Crippen molar-refractivity contribution in [2.45, 2.75) is 46.0 Å². The molecule has 0 amide bonds. The number of esters is 2. The fourth-order valence-corrected chi connectivity index (χ4v) is 2.42. The molecule has 1 heterocycles. The molecule has 1 aromatic rings. The lowest BCUT2D eigenvalue weighted by molar-refractivity contribution is -0.163. The van der Waals surface area contributed by atoms with Crippen molar-refractivity contribution in [1.29, 1.82) is 0 Å². The first-order valence-electron chi connectivity index (χ1n) is 7.58. The molecule has 1 aliphatic rings. The minimum Gasteiger partial charge on any atom is -0.463 e. The third-order valence-electron chi connectivity index (χ3n) is 3.78. The molecule has 2 rings (SSSR count). The molecule has 0 fully saturated rings. The van der Waals surface area contributed by atoms with Gasteiger partial charge in [0, 0.05) is 13.8 Å². The highest BCUT2D eigenvalue weighted by Crippen LogP contribution is 2.29. The molecule has 1 aliphatic heterocycles. The minimum absolute atomic E-state index is 0.0406. The van der Waals surface area contributed by atoms with E-state index in [1.807, 2.05) is 25.1 Å². The summed E-state index contributed by atoms with van der Waals surface area (Å²) >= 11 is 0. The Bertz CT molecular complexity index is 620. The van der Waals surface area contributed by atoms with Crippen molar-refractivity contribution in [2.24, 2.45) is 0 Å². The van der Waals surface area contributed by atoms with E-state index in [4.69, 9.17) is 14.2 Å². The van der Waals surface area contributed by atoms with Gasteiger partial charge in [0.05, 0.1) is 0 Å². The molecule has 3 atom stereocenters. The van der Waals surface area contributed by atoms with E-state index in [2.05, 4.69) is 13.0 Å². The zero-order valence-corrected chi connectivity index (χ0v) is 13.9. The summed E-state index contributed by atoms with van der Waals surface area (Å²) in [5.74, 6) is -0.798. The van der Waals surface area contributed by atoms with E-state index in [1.165, 1.54) is 25.0 Å². The Morgan fingerprint density at radius 3 is 2.43 bits per heavy atom. The van der Waals surface area contributed by atoms with Crippen LogP contribution in [0.1, 0.15) is 36.6 Å². The maximum atomic E-state index is 11.2. The summed E-state index contributed by atoms with van der Waals surface area (Å²) in [7, 11) is 0. The molecular formula is C18H22O5. The van der Waals surface area contributed by atoms with Gasteiger partial charge in [-0.25, -0.2) is 0 Å². The van der Waals surface area contributed by atoms with Gasteiger partial charge < -0.3 is 14.2 Å². The van der Waals surface area contributed by atoms with Crippen LogP contribution in [0.25, 0.3) is 0 Å². The number of carbonyl (C=O) groups is 2. The van der Waals surface area contributed by atoms with Crippen LogP contribution in [0.4, 0.5) is 0 Å². The van der Waals surface area contributed by atoms with Crippen LogP contribution >= 0.6 is 0 Å². The van der Waals surface area contributed by atoms with E-state index in [0.29, 0.717) is 0 Å². The summed E-state index contributed by atoms with van der Waals surface area (Å²) < 4.78 is 16.2. The molecule has 0 saturated heterocycles. The second-order valence-electron chi connectivity index (χ2n) is 5.70. The zero-order chi connectivity index (χ0) is 17.0. The number of aryl methyl sites for hydroxylation is 2. The van der Waals surface area contributed by atoms with Crippen molar-refractivity contribution in [2.75, 3.05) is 6.61 Å². The second kappa shape index (κ2) is 7.42. The topological polar surface area (TPSA) is 61.8 Å². The van der Waals surface area contributed by atoms with Crippen molar-refractivity contribution in [3.63, 3.8) is 0 Å². The number of ether oxygens (including phenoxy) is 3. The summed E-state index contributed by atoms with van der Waals surface area (Å²) in [5.41, 5.74) is 3.40. The van der Waals surface area contributed by atoms with Crippen molar-refractivity contribution < 1.29 is 23.8 Å². The molecule has 23 heavy (non-hydrogen) atoms. The smallest absolute Gasteiger partial charge is 0.303 e. The van der Waals surface area contributed by atoms with E-state index in [-0.39, 0.29) is 12.7 Å². The van der Waals surface area contributed by atoms with Gasteiger partial charge in [-0.3, -0.25) is 9.59 Å². The van der Waals surface area contributed by atoms with Gasteiger partial charge in [-0.15, -0.1) is 0 Å². The zero-order valence-electron chi connectivity index (χ0n) is 13.9. The molecule has 0 aliphatic carbocycles. The van der Waals surface area contributed by atoms with E-state index in [0.717, 1.165) is 5.56 Å². The number of hydrogen-bond acceptors (Lipinski definition) is 5. The van der Waals surface area contributed by atoms with Crippen LogP contribution < -0.4 is 0 Å². The van der Waals surface area contributed by atoms with Crippen molar-refractivity contribution in [1.82, 2.24) is 0 Å². The molecule has 124 valence electrons. The average molecular weight is 318 g/mol. The molecule has 0 spiro atoms. The second-order valence-corrected chi connectivity index (χ2v) is 5.70. The van der Waals surface area contributed by atoms with Crippen molar-refractivity contribution in [3.8, 4) is 0 Å². The highest BCUT2D eigenvalue weighted by atomic mass is 16.6. The third kappa shape index (κ3) is 4.66. The highest BCUT2D eigenvalue weighted by molar-refractivity contribution is 5.67. The van der Waals surface area contributed by atoms with Gasteiger partial charge in [0.2, 0.25) is 0 Å². The maximum absolute atomic E-state index is 11.2. The first-order chi connectivity index (χ1) is 10.9. The van der Waals surface area contributed by atoms with Gasteiger partial charge in [-0.2, -0.15) is 0 Å². The summed E-state index contributed by atoms with van der Waals surface area (Å²) in [4.78, 5) is 22.3. The quantitative estimate of drug-likeness (QED) is 0.631. The Hall–Kier alpha value is -2.14. The van der Waals surface area contributed by atoms with Gasteiger partial charge in [-0.1, -0.05) is 24.3 Å². The summed E-state index contributed by atoms with van der Waals surface area (Å²) in [5, 5.41) is 0. The van der Waals surface area contributed by atoms with E-state index in [1.54, 1.807) is 6.08 Å². The predicted molar refractivity (Wildman–Crippen MR) is 84.9 cm³/mol. The van der Waals surface area contributed by atoms with Crippen LogP contribution in [0.2, 0.25) is 0 Å². The number of hydrogen-bond donors (Lipinski definition) is 0. The Kier molecular flexibility index (Phi) is 5.55. The molecule has 0 N–H and O–H groups in total. The lowest BCUT2D eigenvalue weighted by Gasteiger charge is -2.31. The molecule has 0 radical (unpaired) electrons. The van der Waals surface area contributed by atoms with Crippen LogP contribution in [-0.4, -0.2) is 30.8 Å². The molecule has 0 saturated carbocycles. The summed E-state index contributed by atoms with van der Waals surface area (Å²) in [6.45, 7) is 6.81. The lowest BCUT2D eigenvalue weighted by atomic mass is 9.99. The SMILES string of the molecule is CC(=O)OC[C@H]1O[C@H](c2ccc(C)c(C)c2)C=C[C@H]1OC(C)=O. The van der Waals surface area contributed by atoms with Gasteiger partial charge in [0.15, 0.2) is 0 Å². The highest BCUT2D eigenvalue weighted by Gasteiger charge is 2.31. The first-order valence-corrected chi connectivity index (χ1v) is 7.58. The van der Waals surface area contributed by atoms with E-state index >= 15 is 0 Å². The fraction of sp³-hybridized carbons (Fsp3) is 0.444. The molecule has 5 nitrogen and oxygen atoms in total. The van der Waals surface area contributed by atoms with Crippen LogP contribution in [0, 0.1) is 13.8 Å². The van der Waals surface area contributed by atoms with E-state index in [9.17, 15) is 9.59 Å². The van der Waals surface area contributed by atoms with E-state index < -0.39 is 24.1 Å². The van der Waals surface area contributed by atoms with Crippen LogP contribution in [0.3, 0.4) is 0 Å². The molecule has 5 heteroatoms.